The van der Waals surface area contributed by atoms with E-state index in [1.54, 1.807) is 56.3 Å². The molecule has 8 nitrogen and oxygen atoms in total. The normalized spacial score (nSPS) is 15.6. The Hall–Kier alpha value is -3.98. The molecule has 1 amide bonds. The monoisotopic (exact) mass is 478 g/mol. The van der Waals surface area contributed by atoms with Gasteiger partial charge in [-0.1, -0.05) is 18.2 Å². The van der Waals surface area contributed by atoms with Crippen LogP contribution in [0.15, 0.2) is 59.9 Å². The third-order valence-corrected chi connectivity index (χ3v) is 6.59. The van der Waals surface area contributed by atoms with Crippen LogP contribution >= 0.6 is 11.3 Å². The number of Topliss-reactive ketones (excluding diaryl/α,β-unsaturated/α-hetero) is 1. The second-order valence-corrected chi connectivity index (χ2v) is 8.84. The summed E-state index contributed by atoms with van der Waals surface area (Å²) in [6.45, 7) is 3.50. The van der Waals surface area contributed by atoms with Gasteiger partial charge < -0.3 is 14.6 Å². The second kappa shape index (κ2) is 9.11. The maximum atomic E-state index is 13.6. The van der Waals surface area contributed by atoms with Crippen molar-refractivity contribution in [2.45, 2.75) is 19.9 Å². The van der Waals surface area contributed by atoms with E-state index in [9.17, 15) is 19.5 Å². The Morgan fingerprint density at radius 3 is 2.47 bits per heavy atom. The van der Waals surface area contributed by atoms with Crippen LogP contribution < -0.4 is 9.64 Å². The van der Waals surface area contributed by atoms with Crippen LogP contribution in [0.3, 0.4) is 0 Å². The van der Waals surface area contributed by atoms with E-state index in [4.69, 9.17) is 9.47 Å². The Morgan fingerprint density at radius 2 is 1.82 bits per heavy atom. The molecule has 0 aliphatic carbocycles. The van der Waals surface area contributed by atoms with Crippen molar-refractivity contribution in [1.29, 1.82) is 0 Å². The van der Waals surface area contributed by atoms with E-state index in [0.717, 1.165) is 0 Å². The summed E-state index contributed by atoms with van der Waals surface area (Å²) in [5.74, 6) is -1.93. The summed E-state index contributed by atoms with van der Waals surface area (Å²) in [5, 5.41) is 11.6. The number of anilines is 1. The smallest absolute Gasteiger partial charge is 0.337 e. The first kappa shape index (κ1) is 23.2. The number of amides is 1. The molecule has 174 valence electrons. The van der Waals surface area contributed by atoms with Crippen molar-refractivity contribution >= 4 is 34.7 Å². The van der Waals surface area contributed by atoms with Crippen molar-refractivity contribution in [3.05, 3.63) is 86.6 Å². The van der Waals surface area contributed by atoms with E-state index in [1.165, 1.54) is 36.5 Å². The molecule has 1 atom stereocenters. The van der Waals surface area contributed by atoms with Gasteiger partial charge in [0.25, 0.3) is 5.91 Å². The van der Waals surface area contributed by atoms with Gasteiger partial charge in [-0.25, -0.2) is 9.78 Å². The van der Waals surface area contributed by atoms with Crippen LogP contribution in [0.1, 0.15) is 42.3 Å². The molecule has 34 heavy (non-hydrogen) atoms. The lowest BCUT2D eigenvalue weighted by Crippen LogP contribution is -2.31. The van der Waals surface area contributed by atoms with Crippen LogP contribution in [0.5, 0.6) is 5.75 Å². The summed E-state index contributed by atoms with van der Waals surface area (Å²) in [5.41, 5.74) is 1.57. The lowest BCUT2D eigenvalue weighted by molar-refractivity contribution is -0.117. The molecule has 0 radical (unpaired) electrons. The first-order chi connectivity index (χ1) is 16.3. The molecule has 1 unspecified atom stereocenters. The van der Waals surface area contributed by atoms with Gasteiger partial charge in [-0.15, -0.1) is 11.3 Å². The maximum absolute atomic E-state index is 13.6. The number of benzene rings is 2. The molecule has 1 aliphatic heterocycles. The molecule has 0 spiro atoms. The number of carbonyl (C=O) groups is 3. The van der Waals surface area contributed by atoms with Crippen LogP contribution in [0, 0.1) is 13.8 Å². The van der Waals surface area contributed by atoms with Gasteiger partial charge in [-0.2, -0.15) is 0 Å². The van der Waals surface area contributed by atoms with Gasteiger partial charge in [-0.3, -0.25) is 14.5 Å². The van der Waals surface area contributed by atoms with Crippen LogP contribution in [0.4, 0.5) is 5.69 Å². The van der Waals surface area contributed by atoms with Gasteiger partial charge in [0.2, 0.25) is 5.78 Å². The molecule has 1 N–H and O–H groups in total. The van der Waals surface area contributed by atoms with Crippen LogP contribution in [0.25, 0.3) is 0 Å². The highest BCUT2D eigenvalue weighted by molar-refractivity contribution is 7.14. The Morgan fingerprint density at radius 1 is 1.09 bits per heavy atom. The minimum absolute atomic E-state index is 0.0616. The molecule has 0 saturated heterocycles. The van der Waals surface area contributed by atoms with Crippen LogP contribution in [0.2, 0.25) is 0 Å². The number of nitrogens with zero attached hydrogens (tertiary/aromatic N) is 2. The zero-order valence-electron chi connectivity index (χ0n) is 19.0. The third kappa shape index (κ3) is 3.94. The lowest BCUT2D eigenvalue weighted by atomic mass is 9.94. The molecule has 1 aliphatic rings. The van der Waals surface area contributed by atoms with Crippen molar-refractivity contribution in [2.24, 2.45) is 0 Å². The quantitative estimate of drug-likeness (QED) is 0.415. The zero-order chi connectivity index (χ0) is 24.6. The van der Waals surface area contributed by atoms with Crippen molar-refractivity contribution in [2.75, 3.05) is 19.1 Å². The van der Waals surface area contributed by atoms with Crippen molar-refractivity contribution in [3.8, 4) is 5.75 Å². The third-order valence-electron chi connectivity index (χ3n) is 5.52. The summed E-state index contributed by atoms with van der Waals surface area (Å²) in [6, 6.07) is 12.2. The standard InChI is InChI=1S/C25H22N2O6S/c1-13-23(34-14(2)26-13)21(28)19-20(15-7-6-10-18(12-15)32-3)27(24(30)22(19)29)17-9-5-8-16(11-17)25(31)33-4/h5-12,20,29H,1-4H3. The van der Waals surface area contributed by atoms with Gasteiger partial charge in [0.05, 0.1) is 47.0 Å². The summed E-state index contributed by atoms with van der Waals surface area (Å²) < 4.78 is 10.1. The molecule has 9 heteroatoms. The molecular weight excluding hydrogens is 456 g/mol. The number of aliphatic hydroxyl groups excluding tert-OH is 1. The number of hydrogen-bond donors (Lipinski definition) is 1. The Kier molecular flexibility index (Phi) is 6.21. The minimum atomic E-state index is -0.954. The predicted octanol–water partition coefficient (Wildman–Crippen LogP) is 4.34. The molecule has 0 saturated carbocycles. The van der Waals surface area contributed by atoms with Gasteiger partial charge in [0, 0.05) is 5.69 Å². The van der Waals surface area contributed by atoms with E-state index < -0.39 is 29.5 Å². The van der Waals surface area contributed by atoms with E-state index in [1.807, 2.05) is 0 Å². The fraction of sp³-hybridized carbons (Fsp3) is 0.200. The summed E-state index contributed by atoms with van der Waals surface area (Å²) in [7, 11) is 2.78. The van der Waals surface area contributed by atoms with Gasteiger partial charge in [0.1, 0.15) is 5.75 Å². The average Bonchev–Trinajstić information content (AvgIpc) is 3.33. The summed E-state index contributed by atoms with van der Waals surface area (Å²) in [4.78, 5) is 45.0. The predicted molar refractivity (Wildman–Crippen MR) is 127 cm³/mol. The molecule has 2 aromatic carbocycles. The zero-order valence-corrected chi connectivity index (χ0v) is 19.8. The van der Waals surface area contributed by atoms with Crippen molar-refractivity contribution in [3.63, 3.8) is 0 Å². The Labute approximate surface area is 200 Å². The van der Waals surface area contributed by atoms with Crippen LogP contribution in [-0.4, -0.2) is 42.0 Å². The first-order valence-electron chi connectivity index (χ1n) is 10.3. The summed E-state index contributed by atoms with van der Waals surface area (Å²) in [6.07, 6.45) is 0. The van der Waals surface area contributed by atoms with E-state index in [-0.39, 0.29) is 11.1 Å². The number of aliphatic hydroxyl groups is 1. The lowest BCUT2D eigenvalue weighted by Gasteiger charge is -2.27. The SMILES string of the molecule is COC(=O)c1cccc(N2C(=O)C(O)=C(C(=O)c3sc(C)nc3C)C2c2cccc(OC)c2)c1. The number of ether oxygens (including phenoxy) is 2. The molecular formula is C25H22N2O6S. The Bertz CT molecular complexity index is 1340. The fourth-order valence-electron chi connectivity index (χ4n) is 4.00. The fourth-order valence-corrected chi connectivity index (χ4v) is 4.87. The highest BCUT2D eigenvalue weighted by Crippen LogP contribution is 2.43. The number of carbonyl (C=O) groups excluding carboxylic acids is 3. The van der Waals surface area contributed by atoms with Crippen molar-refractivity contribution < 1.29 is 29.0 Å². The van der Waals surface area contributed by atoms with Gasteiger partial charge >= 0.3 is 5.97 Å². The highest BCUT2D eigenvalue weighted by Gasteiger charge is 2.45. The Balaban J connectivity index is 1.91. The number of aromatic nitrogens is 1. The average molecular weight is 479 g/mol. The number of aryl methyl sites for hydroxylation is 2. The number of hydrogen-bond acceptors (Lipinski definition) is 8. The molecule has 1 aromatic heterocycles. The van der Waals surface area contributed by atoms with E-state index >= 15 is 0 Å². The van der Waals surface area contributed by atoms with E-state index in [2.05, 4.69) is 4.98 Å². The number of thiazole rings is 1. The largest absolute Gasteiger partial charge is 0.503 e. The van der Waals surface area contributed by atoms with Gasteiger partial charge in [-0.05, 0) is 49.7 Å². The molecule has 0 fully saturated rings. The number of rotatable bonds is 6. The van der Waals surface area contributed by atoms with Gasteiger partial charge in [0.15, 0.2) is 5.76 Å². The number of methoxy groups -OCH3 is 2. The second-order valence-electron chi connectivity index (χ2n) is 7.64. The van der Waals surface area contributed by atoms with Crippen molar-refractivity contribution in [1.82, 2.24) is 4.98 Å². The number of ketones is 1. The molecule has 4 rings (SSSR count). The molecule has 0 bridgehead atoms. The topological polar surface area (TPSA) is 106 Å². The first-order valence-corrected chi connectivity index (χ1v) is 11.2. The molecule has 2 heterocycles. The maximum Gasteiger partial charge on any atom is 0.337 e. The van der Waals surface area contributed by atoms with Crippen LogP contribution in [-0.2, 0) is 9.53 Å². The number of esters is 1. The minimum Gasteiger partial charge on any atom is -0.503 e. The molecule has 3 aromatic rings. The highest BCUT2D eigenvalue weighted by atomic mass is 32.1. The summed E-state index contributed by atoms with van der Waals surface area (Å²) >= 11 is 1.20. The van der Waals surface area contributed by atoms with E-state index in [0.29, 0.717) is 32.6 Å².